The molecule has 0 aliphatic rings. The van der Waals surface area contributed by atoms with Crippen LogP contribution in [0.1, 0.15) is 11.3 Å². The van der Waals surface area contributed by atoms with E-state index in [9.17, 15) is 0 Å². The van der Waals surface area contributed by atoms with Gasteiger partial charge in [0.15, 0.2) is 0 Å². The minimum Gasteiger partial charge on any atom is -0.245 e. The van der Waals surface area contributed by atoms with Gasteiger partial charge in [0.2, 0.25) is 0 Å². The van der Waals surface area contributed by atoms with Crippen LogP contribution in [-0.4, -0.2) is 9.97 Å². The zero-order chi connectivity index (χ0) is 12.2. The van der Waals surface area contributed by atoms with Gasteiger partial charge in [0, 0.05) is 6.20 Å². The van der Waals surface area contributed by atoms with Crippen molar-refractivity contribution in [2.75, 3.05) is 0 Å². The molecule has 0 unspecified atom stereocenters. The molecule has 1 aromatic heterocycles. The quantitative estimate of drug-likeness (QED) is 0.671. The Morgan fingerprint density at radius 3 is 2.61 bits per heavy atom. The van der Waals surface area contributed by atoms with Crippen molar-refractivity contribution in [3.8, 4) is 0 Å². The molecule has 1 heterocycles. The fourth-order valence-electron chi connectivity index (χ4n) is 1.97. The molecule has 0 spiro atoms. The van der Waals surface area contributed by atoms with Crippen LogP contribution in [0.5, 0.6) is 0 Å². The largest absolute Gasteiger partial charge is 0.245 e. The Kier molecular flexibility index (Phi) is 2.84. The first-order chi connectivity index (χ1) is 8.93. The number of fused-ring (bicyclic) bond motifs is 1. The van der Waals surface area contributed by atoms with Crippen molar-refractivity contribution in [3.63, 3.8) is 0 Å². The van der Waals surface area contributed by atoms with Gasteiger partial charge in [-0.05, 0) is 28.5 Å². The van der Waals surface area contributed by atoms with Gasteiger partial charge in [-0.3, -0.25) is 0 Å². The number of benzene rings is 2. The summed E-state index contributed by atoms with van der Waals surface area (Å²) in [6.07, 6.45) is 7.40. The van der Waals surface area contributed by atoms with Crippen molar-refractivity contribution in [2.45, 2.75) is 0 Å². The first-order valence-corrected chi connectivity index (χ1v) is 5.85. The third kappa shape index (κ3) is 2.13. The Morgan fingerprint density at radius 2 is 1.72 bits per heavy atom. The lowest BCUT2D eigenvalue weighted by Crippen LogP contribution is -1.81. The zero-order valence-corrected chi connectivity index (χ0v) is 9.82. The molecule has 18 heavy (non-hydrogen) atoms. The minimum absolute atomic E-state index is 0.915. The molecular weight excluding hydrogens is 220 g/mol. The van der Waals surface area contributed by atoms with Gasteiger partial charge in [0.05, 0.1) is 5.69 Å². The van der Waals surface area contributed by atoms with E-state index in [0.717, 1.165) is 5.69 Å². The molecule has 0 N–H and O–H groups in total. The first kappa shape index (κ1) is 10.7. The molecule has 2 aromatic carbocycles. The van der Waals surface area contributed by atoms with Crippen LogP contribution in [0.4, 0.5) is 0 Å². The maximum Gasteiger partial charge on any atom is 0.115 e. The number of hydrogen-bond donors (Lipinski definition) is 0. The van der Waals surface area contributed by atoms with Gasteiger partial charge in [0.25, 0.3) is 0 Å². The lowest BCUT2D eigenvalue weighted by atomic mass is 10.0. The summed E-state index contributed by atoms with van der Waals surface area (Å²) in [6.45, 7) is 0. The smallest absolute Gasteiger partial charge is 0.115 e. The Bertz CT molecular complexity index is 682. The highest BCUT2D eigenvalue weighted by Gasteiger charge is 1.96. The molecule has 3 aromatic rings. The number of aromatic nitrogens is 2. The van der Waals surface area contributed by atoms with E-state index in [1.807, 2.05) is 12.1 Å². The van der Waals surface area contributed by atoms with Gasteiger partial charge in [0.1, 0.15) is 6.33 Å². The molecule has 0 aliphatic heterocycles. The van der Waals surface area contributed by atoms with Gasteiger partial charge in [-0.1, -0.05) is 48.5 Å². The van der Waals surface area contributed by atoms with Crippen molar-refractivity contribution in [1.82, 2.24) is 9.97 Å². The summed E-state index contributed by atoms with van der Waals surface area (Å²) in [5.41, 5.74) is 2.12. The Hall–Kier alpha value is -2.48. The summed E-state index contributed by atoms with van der Waals surface area (Å²) in [7, 11) is 0. The Morgan fingerprint density at radius 1 is 0.833 bits per heavy atom. The lowest BCUT2D eigenvalue weighted by molar-refractivity contribution is 1.15. The highest BCUT2D eigenvalue weighted by atomic mass is 14.8. The SMILES string of the molecule is C(=C\c1cccc2ccccc12)/c1ccncn1. The van der Waals surface area contributed by atoms with E-state index in [2.05, 4.69) is 58.5 Å². The van der Waals surface area contributed by atoms with Crippen LogP contribution in [0.25, 0.3) is 22.9 Å². The topological polar surface area (TPSA) is 25.8 Å². The van der Waals surface area contributed by atoms with Gasteiger partial charge >= 0.3 is 0 Å². The minimum atomic E-state index is 0.915. The maximum atomic E-state index is 4.18. The highest BCUT2D eigenvalue weighted by molar-refractivity contribution is 5.92. The van der Waals surface area contributed by atoms with Crippen molar-refractivity contribution in [3.05, 3.63) is 72.3 Å². The van der Waals surface area contributed by atoms with E-state index in [1.54, 1.807) is 12.5 Å². The predicted molar refractivity (Wildman–Crippen MR) is 74.9 cm³/mol. The number of hydrogen-bond acceptors (Lipinski definition) is 2. The van der Waals surface area contributed by atoms with E-state index in [0.29, 0.717) is 0 Å². The normalized spacial score (nSPS) is 11.1. The second kappa shape index (κ2) is 4.80. The Balaban J connectivity index is 2.03. The molecule has 0 atom stereocenters. The third-order valence-corrected chi connectivity index (χ3v) is 2.86. The van der Waals surface area contributed by atoms with Gasteiger partial charge in [-0.15, -0.1) is 0 Å². The lowest BCUT2D eigenvalue weighted by Gasteiger charge is -2.01. The van der Waals surface area contributed by atoms with Crippen molar-refractivity contribution >= 4 is 22.9 Å². The molecule has 0 bridgehead atoms. The van der Waals surface area contributed by atoms with Crippen LogP contribution in [0.15, 0.2) is 61.1 Å². The standard InChI is InChI=1S/C16H12N2/c1-2-7-16-13(4-1)5-3-6-14(16)8-9-15-10-11-17-12-18-15/h1-12H/b9-8+. The molecule has 2 nitrogen and oxygen atoms in total. The monoisotopic (exact) mass is 232 g/mol. The molecule has 86 valence electrons. The first-order valence-electron chi connectivity index (χ1n) is 5.85. The van der Waals surface area contributed by atoms with Crippen molar-refractivity contribution in [1.29, 1.82) is 0 Å². The van der Waals surface area contributed by atoms with Crippen LogP contribution in [0.3, 0.4) is 0 Å². The van der Waals surface area contributed by atoms with Crippen LogP contribution in [0.2, 0.25) is 0 Å². The zero-order valence-electron chi connectivity index (χ0n) is 9.82. The summed E-state index contributed by atoms with van der Waals surface area (Å²) < 4.78 is 0. The second-order valence-corrected chi connectivity index (χ2v) is 4.04. The maximum absolute atomic E-state index is 4.18. The third-order valence-electron chi connectivity index (χ3n) is 2.86. The fourth-order valence-corrected chi connectivity index (χ4v) is 1.97. The van der Waals surface area contributed by atoms with E-state index in [1.165, 1.54) is 16.3 Å². The van der Waals surface area contributed by atoms with E-state index < -0.39 is 0 Å². The predicted octanol–water partition coefficient (Wildman–Crippen LogP) is 3.80. The van der Waals surface area contributed by atoms with Crippen LogP contribution in [0, 0.1) is 0 Å². The van der Waals surface area contributed by atoms with E-state index >= 15 is 0 Å². The highest BCUT2D eigenvalue weighted by Crippen LogP contribution is 2.20. The Labute approximate surface area is 106 Å². The van der Waals surface area contributed by atoms with Crippen molar-refractivity contribution in [2.24, 2.45) is 0 Å². The molecule has 0 amide bonds. The number of nitrogens with zero attached hydrogens (tertiary/aromatic N) is 2. The molecule has 0 saturated heterocycles. The molecule has 0 radical (unpaired) electrons. The molecule has 0 aliphatic carbocycles. The fraction of sp³-hybridized carbons (Fsp3) is 0. The molecular formula is C16H12N2. The van der Waals surface area contributed by atoms with Gasteiger partial charge in [-0.2, -0.15) is 0 Å². The van der Waals surface area contributed by atoms with Crippen molar-refractivity contribution < 1.29 is 0 Å². The number of rotatable bonds is 2. The summed E-state index contributed by atoms with van der Waals surface area (Å²) in [4.78, 5) is 8.08. The second-order valence-electron chi connectivity index (χ2n) is 4.04. The molecule has 0 saturated carbocycles. The van der Waals surface area contributed by atoms with Gasteiger partial charge in [-0.25, -0.2) is 9.97 Å². The molecule has 0 fully saturated rings. The molecule has 3 rings (SSSR count). The average Bonchev–Trinajstić information content (AvgIpc) is 2.46. The van der Waals surface area contributed by atoms with E-state index in [-0.39, 0.29) is 0 Å². The summed E-state index contributed by atoms with van der Waals surface area (Å²) in [6, 6.07) is 16.6. The summed E-state index contributed by atoms with van der Waals surface area (Å²) >= 11 is 0. The van der Waals surface area contributed by atoms with Crippen LogP contribution in [-0.2, 0) is 0 Å². The molecule has 2 heteroatoms. The van der Waals surface area contributed by atoms with Crippen LogP contribution >= 0.6 is 0 Å². The summed E-state index contributed by atoms with van der Waals surface area (Å²) in [5, 5.41) is 2.51. The van der Waals surface area contributed by atoms with Gasteiger partial charge < -0.3 is 0 Å². The van der Waals surface area contributed by atoms with Crippen LogP contribution < -0.4 is 0 Å². The average molecular weight is 232 g/mol. The van der Waals surface area contributed by atoms with E-state index in [4.69, 9.17) is 0 Å². The summed E-state index contributed by atoms with van der Waals surface area (Å²) in [5.74, 6) is 0.